The van der Waals surface area contributed by atoms with Gasteiger partial charge in [-0.05, 0) is 55.0 Å². The molecule has 4 rings (SSSR count). The highest BCUT2D eigenvalue weighted by atomic mass is 32.2. The Kier molecular flexibility index (Phi) is 7.19. The van der Waals surface area contributed by atoms with E-state index in [1.807, 2.05) is 19.1 Å². The molecule has 0 unspecified atom stereocenters. The van der Waals surface area contributed by atoms with Gasteiger partial charge in [-0.15, -0.1) is 11.3 Å². The summed E-state index contributed by atoms with van der Waals surface area (Å²) in [4.78, 5) is 28.8. The van der Waals surface area contributed by atoms with E-state index in [-0.39, 0.29) is 21.7 Å². The maximum absolute atomic E-state index is 12.6. The second-order valence-electron chi connectivity index (χ2n) is 7.61. The molecule has 0 aliphatic heterocycles. The summed E-state index contributed by atoms with van der Waals surface area (Å²) >= 11 is 1.18. The summed E-state index contributed by atoms with van der Waals surface area (Å²) in [5.41, 5.74) is 3.36. The van der Waals surface area contributed by atoms with Crippen LogP contribution < -0.4 is 10.0 Å². The number of anilines is 2. The van der Waals surface area contributed by atoms with E-state index in [2.05, 4.69) is 15.0 Å². The number of amides is 1. The number of aromatic nitrogens is 1. The number of thiazole rings is 1. The van der Waals surface area contributed by atoms with Crippen LogP contribution in [0.3, 0.4) is 0 Å². The molecule has 1 aromatic heterocycles. The zero-order chi connectivity index (χ0) is 24.8. The standard InChI is InChI=1S/C26H21N3O4S2/c1-18-2-7-20(8-3-18)24(30)15-6-19-4-9-21(10-5-19)25(31)28-22-11-13-23(14-12-22)35(32,33)29-26-27-16-17-34-26/h2-17H,1H3,(H,27,29)(H,28,31)/b15-6+. The Labute approximate surface area is 207 Å². The largest absolute Gasteiger partial charge is 0.322 e. The number of sulfonamides is 1. The first kappa shape index (κ1) is 24.1. The predicted octanol–water partition coefficient (Wildman–Crippen LogP) is 5.40. The minimum Gasteiger partial charge on any atom is -0.322 e. The summed E-state index contributed by atoms with van der Waals surface area (Å²) in [6.45, 7) is 1.96. The molecule has 176 valence electrons. The maximum atomic E-state index is 12.6. The molecule has 2 N–H and O–H groups in total. The van der Waals surface area contributed by atoms with Crippen LogP contribution in [0.1, 0.15) is 31.8 Å². The number of benzene rings is 3. The van der Waals surface area contributed by atoms with Crippen molar-refractivity contribution in [2.45, 2.75) is 11.8 Å². The Morgan fingerprint density at radius 3 is 2.17 bits per heavy atom. The van der Waals surface area contributed by atoms with Gasteiger partial charge in [0.1, 0.15) is 0 Å². The number of carbonyl (C=O) groups excluding carboxylic acids is 2. The van der Waals surface area contributed by atoms with Crippen molar-refractivity contribution in [3.8, 4) is 0 Å². The second-order valence-corrected chi connectivity index (χ2v) is 10.2. The van der Waals surface area contributed by atoms with Gasteiger partial charge in [-0.25, -0.2) is 13.4 Å². The number of nitrogens with zero attached hydrogens (tertiary/aromatic N) is 1. The molecule has 1 amide bonds. The van der Waals surface area contributed by atoms with Crippen molar-refractivity contribution in [1.29, 1.82) is 0 Å². The Morgan fingerprint density at radius 1 is 0.886 bits per heavy atom. The zero-order valence-electron chi connectivity index (χ0n) is 18.6. The second kappa shape index (κ2) is 10.5. The van der Waals surface area contributed by atoms with Crippen LogP contribution >= 0.6 is 11.3 Å². The van der Waals surface area contributed by atoms with E-state index in [0.717, 1.165) is 11.1 Å². The summed E-state index contributed by atoms with van der Waals surface area (Å²) in [5, 5.41) is 4.69. The fourth-order valence-electron chi connectivity index (χ4n) is 3.10. The van der Waals surface area contributed by atoms with Crippen LogP contribution in [0.25, 0.3) is 6.08 Å². The Hall–Kier alpha value is -4.08. The van der Waals surface area contributed by atoms with Gasteiger partial charge in [0, 0.05) is 28.4 Å². The highest BCUT2D eigenvalue weighted by Crippen LogP contribution is 2.20. The summed E-state index contributed by atoms with van der Waals surface area (Å²) < 4.78 is 27.2. The first-order valence-electron chi connectivity index (χ1n) is 10.5. The van der Waals surface area contributed by atoms with Crippen molar-refractivity contribution in [3.63, 3.8) is 0 Å². The molecule has 7 nitrogen and oxygen atoms in total. The molecule has 0 saturated carbocycles. The van der Waals surface area contributed by atoms with Crippen molar-refractivity contribution >= 4 is 49.9 Å². The third-order valence-corrected chi connectivity index (χ3v) is 7.19. The van der Waals surface area contributed by atoms with Gasteiger partial charge in [0.15, 0.2) is 10.9 Å². The van der Waals surface area contributed by atoms with Crippen molar-refractivity contribution in [2.75, 3.05) is 10.0 Å². The molecule has 0 fully saturated rings. The van der Waals surface area contributed by atoms with E-state index in [0.29, 0.717) is 16.8 Å². The lowest BCUT2D eigenvalue weighted by Gasteiger charge is -2.08. The van der Waals surface area contributed by atoms with Gasteiger partial charge in [-0.2, -0.15) is 0 Å². The number of carbonyl (C=O) groups is 2. The number of allylic oxidation sites excluding steroid dienone is 1. The van der Waals surface area contributed by atoms with Crippen LogP contribution in [0.15, 0.2) is 95.3 Å². The molecule has 0 aliphatic carbocycles. The quantitative estimate of drug-likeness (QED) is 0.247. The number of ketones is 1. The highest BCUT2D eigenvalue weighted by molar-refractivity contribution is 7.93. The molecule has 0 bridgehead atoms. The Morgan fingerprint density at radius 2 is 1.54 bits per heavy atom. The molecular formula is C26H21N3O4S2. The summed E-state index contributed by atoms with van der Waals surface area (Å²) in [6, 6.07) is 20.0. The SMILES string of the molecule is Cc1ccc(C(=O)/C=C/c2ccc(C(=O)Nc3ccc(S(=O)(=O)Nc4nccs4)cc3)cc2)cc1. The van der Waals surface area contributed by atoms with Crippen molar-refractivity contribution in [3.05, 3.63) is 113 Å². The topological polar surface area (TPSA) is 105 Å². The fraction of sp³-hybridized carbons (Fsp3) is 0.0385. The van der Waals surface area contributed by atoms with Crippen molar-refractivity contribution < 1.29 is 18.0 Å². The van der Waals surface area contributed by atoms with Gasteiger partial charge in [0.25, 0.3) is 15.9 Å². The minimum absolute atomic E-state index is 0.0574. The van der Waals surface area contributed by atoms with Crippen LogP contribution in [-0.2, 0) is 10.0 Å². The third-order valence-electron chi connectivity index (χ3n) is 5.01. The van der Waals surface area contributed by atoms with E-state index in [1.165, 1.54) is 47.9 Å². The summed E-state index contributed by atoms with van der Waals surface area (Å²) in [5.74, 6) is -0.438. The van der Waals surface area contributed by atoms with Crippen molar-refractivity contribution in [1.82, 2.24) is 4.98 Å². The number of hydrogen-bond donors (Lipinski definition) is 2. The number of hydrogen-bond acceptors (Lipinski definition) is 6. The minimum atomic E-state index is -3.76. The van der Waals surface area contributed by atoms with Gasteiger partial charge < -0.3 is 5.32 Å². The van der Waals surface area contributed by atoms with Crippen LogP contribution in [-0.4, -0.2) is 25.1 Å². The van der Waals surface area contributed by atoms with E-state index < -0.39 is 10.0 Å². The van der Waals surface area contributed by atoms with Gasteiger partial charge in [0.2, 0.25) is 0 Å². The smallest absolute Gasteiger partial charge is 0.263 e. The molecule has 9 heteroatoms. The molecule has 0 atom stereocenters. The number of aryl methyl sites for hydroxylation is 1. The maximum Gasteiger partial charge on any atom is 0.263 e. The lowest BCUT2D eigenvalue weighted by Crippen LogP contribution is -2.14. The Balaban J connectivity index is 1.36. The van der Waals surface area contributed by atoms with Crippen molar-refractivity contribution in [2.24, 2.45) is 0 Å². The lowest BCUT2D eigenvalue weighted by molar-refractivity contribution is 0.102. The normalized spacial score (nSPS) is 11.3. The number of rotatable bonds is 8. The van der Waals surface area contributed by atoms with Gasteiger partial charge >= 0.3 is 0 Å². The van der Waals surface area contributed by atoms with Crippen LogP contribution in [0.4, 0.5) is 10.8 Å². The molecule has 0 saturated heterocycles. The fourth-order valence-corrected chi connectivity index (χ4v) is 4.89. The molecule has 4 aromatic rings. The van der Waals surface area contributed by atoms with E-state index in [4.69, 9.17) is 0 Å². The van der Waals surface area contributed by atoms with E-state index in [9.17, 15) is 18.0 Å². The molecule has 35 heavy (non-hydrogen) atoms. The Bertz CT molecular complexity index is 1460. The molecule has 1 heterocycles. The van der Waals surface area contributed by atoms with Gasteiger partial charge in [-0.3, -0.25) is 14.3 Å². The molecule has 3 aromatic carbocycles. The van der Waals surface area contributed by atoms with E-state index >= 15 is 0 Å². The van der Waals surface area contributed by atoms with Crippen LogP contribution in [0, 0.1) is 6.92 Å². The van der Waals surface area contributed by atoms with Gasteiger partial charge in [0.05, 0.1) is 4.90 Å². The molecule has 0 spiro atoms. The predicted molar refractivity (Wildman–Crippen MR) is 138 cm³/mol. The molecule has 0 radical (unpaired) electrons. The molecular weight excluding hydrogens is 482 g/mol. The average Bonchev–Trinajstić information content (AvgIpc) is 3.36. The third kappa shape index (κ3) is 6.28. The van der Waals surface area contributed by atoms with Crippen LogP contribution in [0.5, 0.6) is 0 Å². The first-order valence-corrected chi connectivity index (χ1v) is 12.9. The summed E-state index contributed by atoms with van der Waals surface area (Å²) in [6.07, 6.45) is 4.70. The summed E-state index contributed by atoms with van der Waals surface area (Å²) in [7, 11) is -3.76. The zero-order valence-corrected chi connectivity index (χ0v) is 20.3. The lowest BCUT2D eigenvalue weighted by atomic mass is 10.1. The molecule has 0 aliphatic rings. The number of nitrogens with one attached hydrogen (secondary N) is 2. The first-order chi connectivity index (χ1) is 16.8. The van der Waals surface area contributed by atoms with E-state index in [1.54, 1.807) is 47.9 Å². The average molecular weight is 504 g/mol. The highest BCUT2D eigenvalue weighted by Gasteiger charge is 2.15. The van der Waals surface area contributed by atoms with Gasteiger partial charge in [-0.1, -0.05) is 48.0 Å². The van der Waals surface area contributed by atoms with Crippen LogP contribution in [0.2, 0.25) is 0 Å². The monoisotopic (exact) mass is 503 g/mol.